The molecule has 0 aliphatic carbocycles. The molecule has 94 valence electrons. The van der Waals surface area contributed by atoms with Crippen LogP contribution < -0.4 is 0 Å². The molecule has 1 aliphatic heterocycles. The van der Waals surface area contributed by atoms with Crippen molar-refractivity contribution in [3.05, 3.63) is 33.8 Å². The zero-order valence-corrected chi connectivity index (χ0v) is 12.1. The van der Waals surface area contributed by atoms with Gasteiger partial charge in [0, 0.05) is 28.5 Å². The average Bonchev–Trinajstić information content (AvgIpc) is 2.29. The lowest BCUT2D eigenvalue weighted by Crippen LogP contribution is -2.39. The Morgan fingerprint density at radius 1 is 1.35 bits per heavy atom. The van der Waals surface area contributed by atoms with Crippen LogP contribution in [0.5, 0.6) is 0 Å². The Bertz CT molecular complexity index is 394. The molecule has 1 nitrogen and oxygen atoms in total. The molecule has 0 aromatic heterocycles. The number of piperidine rings is 1. The first-order valence-electron chi connectivity index (χ1n) is 5.86. The summed E-state index contributed by atoms with van der Waals surface area (Å²) >= 11 is 18.4. The van der Waals surface area contributed by atoms with Gasteiger partial charge >= 0.3 is 0 Å². The molecule has 2 atom stereocenters. The van der Waals surface area contributed by atoms with Gasteiger partial charge in [-0.3, -0.25) is 4.90 Å². The Kier molecular flexibility index (Phi) is 4.59. The van der Waals surface area contributed by atoms with E-state index in [4.69, 9.17) is 34.8 Å². The summed E-state index contributed by atoms with van der Waals surface area (Å²) in [5.41, 5.74) is 1.08. The van der Waals surface area contributed by atoms with Gasteiger partial charge in [-0.1, -0.05) is 30.1 Å². The molecule has 0 spiro atoms. The Hall–Kier alpha value is 0.0500. The van der Waals surface area contributed by atoms with Crippen molar-refractivity contribution in [3.8, 4) is 0 Å². The molecule has 2 rings (SSSR count). The molecule has 0 radical (unpaired) electrons. The highest BCUT2D eigenvalue weighted by atomic mass is 35.5. The van der Waals surface area contributed by atoms with E-state index in [0.717, 1.165) is 41.7 Å². The number of likely N-dealkylation sites (tertiary alicyclic amines) is 1. The van der Waals surface area contributed by atoms with Gasteiger partial charge in [-0.15, -0.1) is 11.6 Å². The van der Waals surface area contributed by atoms with Crippen molar-refractivity contribution in [2.24, 2.45) is 5.92 Å². The molecular formula is C13H16Cl3N. The smallest absolute Gasteiger partial charge is 0.0489 e. The lowest BCUT2D eigenvalue weighted by molar-refractivity contribution is 0.189. The van der Waals surface area contributed by atoms with E-state index in [9.17, 15) is 0 Å². The predicted octanol–water partition coefficient (Wildman–Crippen LogP) is 4.44. The molecular weight excluding hydrogens is 277 g/mol. The number of alkyl halides is 1. The highest BCUT2D eigenvalue weighted by molar-refractivity contribution is 6.33. The maximum atomic E-state index is 6.30. The van der Waals surface area contributed by atoms with E-state index in [1.165, 1.54) is 0 Å². The maximum Gasteiger partial charge on any atom is 0.0489 e. The summed E-state index contributed by atoms with van der Waals surface area (Å²) in [5, 5.41) is 1.75. The van der Waals surface area contributed by atoms with Gasteiger partial charge in [-0.05, 0) is 42.6 Å². The molecule has 2 unspecified atom stereocenters. The van der Waals surface area contributed by atoms with Crippen molar-refractivity contribution < 1.29 is 0 Å². The van der Waals surface area contributed by atoms with Crippen molar-refractivity contribution in [3.63, 3.8) is 0 Å². The van der Waals surface area contributed by atoms with Crippen LogP contribution in [0.1, 0.15) is 18.9 Å². The van der Waals surface area contributed by atoms with E-state index in [-0.39, 0.29) is 5.38 Å². The Morgan fingerprint density at radius 2 is 2.12 bits per heavy atom. The van der Waals surface area contributed by atoms with Crippen LogP contribution in [-0.2, 0) is 6.54 Å². The molecule has 1 aromatic rings. The molecule has 1 fully saturated rings. The van der Waals surface area contributed by atoms with Crippen LogP contribution in [0.15, 0.2) is 18.2 Å². The zero-order chi connectivity index (χ0) is 12.4. The summed E-state index contributed by atoms with van der Waals surface area (Å²) in [6.45, 7) is 5.04. The van der Waals surface area contributed by atoms with E-state index >= 15 is 0 Å². The highest BCUT2D eigenvalue weighted by Gasteiger charge is 2.24. The van der Waals surface area contributed by atoms with Gasteiger partial charge in [0.1, 0.15) is 0 Å². The van der Waals surface area contributed by atoms with Gasteiger partial charge in [0.2, 0.25) is 0 Å². The lowest BCUT2D eigenvalue weighted by Gasteiger charge is -2.34. The average molecular weight is 293 g/mol. The third kappa shape index (κ3) is 3.51. The monoisotopic (exact) mass is 291 g/mol. The number of hydrogen-bond donors (Lipinski definition) is 0. The number of benzene rings is 1. The summed E-state index contributed by atoms with van der Waals surface area (Å²) in [6, 6.07) is 5.60. The van der Waals surface area contributed by atoms with Crippen molar-refractivity contribution in [2.75, 3.05) is 13.1 Å². The molecule has 1 saturated heterocycles. The van der Waals surface area contributed by atoms with Crippen molar-refractivity contribution in [2.45, 2.75) is 25.3 Å². The molecule has 4 heteroatoms. The minimum Gasteiger partial charge on any atom is -0.298 e. The van der Waals surface area contributed by atoms with Crippen LogP contribution in [0.3, 0.4) is 0 Å². The van der Waals surface area contributed by atoms with E-state index in [1.54, 1.807) is 0 Å². The number of hydrogen-bond acceptors (Lipinski definition) is 1. The SMILES string of the molecule is CC1CCN(Cc2cc(Cl)ccc2Cl)CC1Cl. The molecule has 0 saturated carbocycles. The zero-order valence-electron chi connectivity index (χ0n) is 9.80. The first kappa shape index (κ1) is 13.5. The largest absolute Gasteiger partial charge is 0.298 e. The fourth-order valence-electron chi connectivity index (χ4n) is 2.13. The summed E-state index contributed by atoms with van der Waals surface area (Å²) in [6.07, 6.45) is 1.15. The Labute approximate surface area is 118 Å². The molecule has 0 bridgehead atoms. The molecule has 0 amide bonds. The fraction of sp³-hybridized carbons (Fsp3) is 0.538. The Balaban J connectivity index is 2.03. The van der Waals surface area contributed by atoms with Crippen LogP contribution in [0.4, 0.5) is 0 Å². The van der Waals surface area contributed by atoms with Gasteiger partial charge in [0.25, 0.3) is 0 Å². The van der Waals surface area contributed by atoms with Crippen LogP contribution in [0.25, 0.3) is 0 Å². The van der Waals surface area contributed by atoms with Crippen LogP contribution in [0, 0.1) is 5.92 Å². The second-order valence-electron chi connectivity index (χ2n) is 4.75. The normalized spacial score (nSPS) is 26.1. The van der Waals surface area contributed by atoms with Crippen molar-refractivity contribution >= 4 is 34.8 Å². The van der Waals surface area contributed by atoms with Crippen LogP contribution in [-0.4, -0.2) is 23.4 Å². The lowest BCUT2D eigenvalue weighted by atomic mass is 9.98. The molecule has 1 aromatic carbocycles. The van der Waals surface area contributed by atoms with Crippen LogP contribution >= 0.6 is 34.8 Å². The first-order chi connectivity index (χ1) is 8.06. The number of halogens is 3. The fourth-order valence-corrected chi connectivity index (χ4v) is 2.83. The highest BCUT2D eigenvalue weighted by Crippen LogP contribution is 2.26. The number of nitrogens with zero attached hydrogens (tertiary/aromatic N) is 1. The Morgan fingerprint density at radius 3 is 2.82 bits per heavy atom. The standard InChI is InChI=1S/C13H16Cl3N/c1-9-4-5-17(8-13(9)16)7-10-6-11(14)2-3-12(10)15/h2-3,6,9,13H,4-5,7-8H2,1H3. The first-order valence-corrected chi connectivity index (χ1v) is 7.06. The van der Waals surface area contributed by atoms with E-state index in [2.05, 4.69) is 11.8 Å². The predicted molar refractivity (Wildman–Crippen MR) is 75.2 cm³/mol. The minimum atomic E-state index is 0.238. The van der Waals surface area contributed by atoms with E-state index in [1.807, 2.05) is 18.2 Å². The second-order valence-corrected chi connectivity index (χ2v) is 6.16. The summed E-state index contributed by atoms with van der Waals surface area (Å²) in [5.74, 6) is 0.600. The van der Waals surface area contributed by atoms with Gasteiger partial charge in [-0.2, -0.15) is 0 Å². The van der Waals surface area contributed by atoms with Crippen molar-refractivity contribution in [1.29, 1.82) is 0 Å². The van der Waals surface area contributed by atoms with Gasteiger partial charge in [-0.25, -0.2) is 0 Å². The van der Waals surface area contributed by atoms with Gasteiger partial charge in [0.05, 0.1) is 0 Å². The van der Waals surface area contributed by atoms with E-state index in [0.29, 0.717) is 5.92 Å². The third-order valence-corrected chi connectivity index (χ3v) is 4.52. The molecule has 1 aliphatic rings. The molecule has 1 heterocycles. The third-order valence-electron chi connectivity index (χ3n) is 3.35. The topological polar surface area (TPSA) is 3.24 Å². The minimum absolute atomic E-state index is 0.238. The molecule has 0 N–H and O–H groups in total. The maximum absolute atomic E-state index is 6.30. The van der Waals surface area contributed by atoms with Gasteiger partial charge < -0.3 is 0 Å². The van der Waals surface area contributed by atoms with Crippen molar-refractivity contribution in [1.82, 2.24) is 4.90 Å². The number of rotatable bonds is 2. The summed E-state index contributed by atoms with van der Waals surface area (Å²) in [7, 11) is 0. The summed E-state index contributed by atoms with van der Waals surface area (Å²) < 4.78 is 0. The van der Waals surface area contributed by atoms with E-state index < -0.39 is 0 Å². The van der Waals surface area contributed by atoms with Crippen LogP contribution in [0.2, 0.25) is 10.0 Å². The second kappa shape index (κ2) is 5.79. The summed E-state index contributed by atoms with van der Waals surface area (Å²) in [4.78, 5) is 2.34. The molecule has 17 heavy (non-hydrogen) atoms. The quantitative estimate of drug-likeness (QED) is 0.728. The van der Waals surface area contributed by atoms with Gasteiger partial charge in [0.15, 0.2) is 0 Å².